The van der Waals surface area contributed by atoms with E-state index in [-0.39, 0.29) is 11.8 Å². The van der Waals surface area contributed by atoms with E-state index in [1.807, 2.05) is 6.92 Å². The van der Waals surface area contributed by atoms with Gasteiger partial charge in [0.05, 0.1) is 0 Å². The lowest BCUT2D eigenvalue weighted by Gasteiger charge is -2.23. The third-order valence-electron chi connectivity index (χ3n) is 2.85. The summed E-state index contributed by atoms with van der Waals surface area (Å²) in [5.41, 5.74) is 1.63. The maximum Gasteiger partial charge on any atom is 0.254 e. The van der Waals surface area contributed by atoms with Crippen LogP contribution in [0.5, 0.6) is 0 Å². The fourth-order valence-electron chi connectivity index (χ4n) is 1.79. The molecule has 1 aliphatic rings. The minimum atomic E-state index is -0.447. The molecule has 0 fully saturated rings. The lowest BCUT2D eigenvalue weighted by molar-refractivity contribution is -0.135. The molecule has 4 nitrogen and oxygen atoms in total. The summed E-state index contributed by atoms with van der Waals surface area (Å²) >= 11 is 0. The number of carbonyl (C=O) groups is 2. The van der Waals surface area contributed by atoms with Crippen molar-refractivity contribution in [3.05, 3.63) is 36.0 Å². The first-order valence-electron chi connectivity index (χ1n) is 5.54. The Bertz CT molecular complexity index is 408. The van der Waals surface area contributed by atoms with Crippen molar-refractivity contribution in [2.24, 2.45) is 0 Å². The topological polar surface area (TPSA) is 49.4 Å². The molecule has 1 aliphatic heterocycles. The van der Waals surface area contributed by atoms with Crippen molar-refractivity contribution in [1.82, 2.24) is 10.2 Å². The maximum absolute atomic E-state index is 12.1. The summed E-state index contributed by atoms with van der Waals surface area (Å²) in [5, 5.41) is 2.55. The predicted octanol–water partition coefficient (Wildman–Crippen LogP) is 1.02. The van der Waals surface area contributed by atoms with E-state index in [1.54, 1.807) is 37.1 Å². The maximum atomic E-state index is 12.1. The molecule has 0 saturated carbocycles. The predicted molar refractivity (Wildman–Crippen MR) is 67.3 cm³/mol. The Morgan fingerprint density at radius 2 is 2.24 bits per heavy atom. The Labute approximate surface area is 102 Å². The zero-order valence-corrected chi connectivity index (χ0v) is 10.5. The summed E-state index contributed by atoms with van der Waals surface area (Å²) in [5.74, 6) is -0.253. The molecule has 2 amide bonds. The Morgan fingerprint density at radius 3 is 2.76 bits per heavy atom. The van der Waals surface area contributed by atoms with Gasteiger partial charge in [0.1, 0.15) is 6.04 Å². The zero-order chi connectivity index (χ0) is 13.0. The van der Waals surface area contributed by atoms with Gasteiger partial charge in [-0.15, -0.1) is 0 Å². The summed E-state index contributed by atoms with van der Waals surface area (Å²) in [6.07, 6.45) is 5.09. The van der Waals surface area contributed by atoms with Gasteiger partial charge in [-0.3, -0.25) is 9.59 Å². The second-order valence-electron chi connectivity index (χ2n) is 4.01. The molecule has 0 aromatic heterocycles. The number of allylic oxidation sites excluding steroid dienone is 2. The van der Waals surface area contributed by atoms with Gasteiger partial charge in [0.15, 0.2) is 0 Å². The molecule has 0 bridgehead atoms. The van der Waals surface area contributed by atoms with Gasteiger partial charge in [0.25, 0.3) is 5.91 Å². The summed E-state index contributed by atoms with van der Waals surface area (Å²) in [6, 6.07) is -0.447. The molecule has 0 radical (unpaired) electrons. The van der Waals surface area contributed by atoms with Gasteiger partial charge < -0.3 is 10.2 Å². The minimum Gasteiger partial charge on any atom is -0.357 e. The fourth-order valence-corrected chi connectivity index (χ4v) is 1.79. The first-order valence-corrected chi connectivity index (χ1v) is 5.54. The lowest BCUT2D eigenvalue weighted by Crippen LogP contribution is -2.45. The first kappa shape index (κ1) is 13.2. The normalized spacial score (nSPS) is 17.8. The standard InChI is InChI=1S/C13H18N2O2/c1-5-6-7-11-9(2)8-15(13(11)17)10(3)12(16)14-4/h5-7,10H,1,8H2,2-4H3,(H,14,16)/b7-6-. The SMILES string of the molecule is C=C/C=C\C1=C(C)CN(C(C)C(=O)NC)C1=O. The Morgan fingerprint density at radius 1 is 1.59 bits per heavy atom. The average Bonchev–Trinajstić information content (AvgIpc) is 2.60. The highest BCUT2D eigenvalue weighted by Gasteiger charge is 2.32. The molecular formula is C13H18N2O2. The van der Waals surface area contributed by atoms with E-state index >= 15 is 0 Å². The van der Waals surface area contributed by atoms with E-state index in [1.165, 1.54) is 0 Å². The van der Waals surface area contributed by atoms with Crippen LogP contribution in [0.15, 0.2) is 36.0 Å². The van der Waals surface area contributed by atoms with Crippen LogP contribution in [0.3, 0.4) is 0 Å². The van der Waals surface area contributed by atoms with E-state index in [9.17, 15) is 9.59 Å². The number of nitrogens with zero attached hydrogens (tertiary/aromatic N) is 1. The number of hydrogen-bond acceptors (Lipinski definition) is 2. The molecule has 1 rings (SSSR count). The molecule has 4 heteroatoms. The second kappa shape index (κ2) is 5.48. The molecule has 1 unspecified atom stereocenters. The Balaban J connectivity index is 2.86. The van der Waals surface area contributed by atoms with Crippen LogP contribution in [0.2, 0.25) is 0 Å². The van der Waals surface area contributed by atoms with Gasteiger partial charge in [0.2, 0.25) is 5.91 Å². The zero-order valence-electron chi connectivity index (χ0n) is 10.5. The molecule has 1 N–H and O–H groups in total. The fraction of sp³-hybridized carbons (Fsp3) is 0.385. The summed E-state index contributed by atoms with van der Waals surface area (Å²) in [7, 11) is 1.57. The van der Waals surface area contributed by atoms with Crippen LogP contribution in [-0.4, -0.2) is 36.3 Å². The summed E-state index contributed by atoms with van der Waals surface area (Å²) in [4.78, 5) is 25.2. The molecule has 0 saturated heterocycles. The molecule has 1 atom stereocenters. The number of amides is 2. The minimum absolute atomic E-state index is 0.100. The lowest BCUT2D eigenvalue weighted by atomic mass is 10.1. The monoisotopic (exact) mass is 234 g/mol. The van der Waals surface area contributed by atoms with Crippen molar-refractivity contribution in [2.75, 3.05) is 13.6 Å². The molecule has 92 valence electrons. The first-order chi connectivity index (χ1) is 8.02. The Hall–Kier alpha value is -1.84. The summed E-state index contributed by atoms with van der Waals surface area (Å²) in [6.45, 7) is 7.70. The highest BCUT2D eigenvalue weighted by atomic mass is 16.2. The molecular weight excluding hydrogens is 216 g/mol. The van der Waals surface area contributed by atoms with Gasteiger partial charge in [-0.2, -0.15) is 0 Å². The van der Waals surface area contributed by atoms with Gasteiger partial charge in [-0.05, 0) is 25.5 Å². The number of hydrogen-bond donors (Lipinski definition) is 1. The third-order valence-corrected chi connectivity index (χ3v) is 2.85. The van der Waals surface area contributed by atoms with Crippen LogP contribution < -0.4 is 5.32 Å². The van der Waals surface area contributed by atoms with Crippen molar-refractivity contribution in [3.63, 3.8) is 0 Å². The second-order valence-corrected chi connectivity index (χ2v) is 4.01. The molecule has 0 aliphatic carbocycles. The molecule has 17 heavy (non-hydrogen) atoms. The van der Waals surface area contributed by atoms with Crippen LogP contribution in [0.1, 0.15) is 13.8 Å². The molecule has 0 aromatic rings. The summed E-state index contributed by atoms with van der Waals surface area (Å²) < 4.78 is 0. The van der Waals surface area contributed by atoms with Crippen molar-refractivity contribution in [3.8, 4) is 0 Å². The highest BCUT2D eigenvalue weighted by molar-refractivity contribution is 6.02. The van der Waals surface area contributed by atoms with E-state index in [0.29, 0.717) is 12.1 Å². The quantitative estimate of drug-likeness (QED) is 0.738. The van der Waals surface area contributed by atoms with Crippen molar-refractivity contribution in [1.29, 1.82) is 0 Å². The Kier molecular flexibility index (Phi) is 4.26. The van der Waals surface area contributed by atoms with Gasteiger partial charge in [-0.1, -0.05) is 18.7 Å². The van der Waals surface area contributed by atoms with Gasteiger partial charge in [-0.25, -0.2) is 0 Å². The van der Waals surface area contributed by atoms with E-state index in [2.05, 4.69) is 11.9 Å². The van der Waals surface area contributed by atoms with E-state index < -0.39 is 6.04 Å². The van der Waals surface area contributed by atoms with Crippen molar-refractivity contribution in [2.45, 2.75) is 19.9 Å². The number of nitrogens with one attached hydrogen (secondary N) is 1. The highest BCUT2D eigenvalue weighted by Crippen LogP contribution is 2.22. The largest absolute Gasteiger partial charge is 0.357 e. The van der Waals surface area contributed by atoms with Crippen molar-refractivity contribution < 1.29 is 9.59 Å². The van der Waals surface area contributed by atoms with Crippen LogP contribution >= 0.6 is 0 Å². The number of likely N-dealkylation sites (N-methyl/N-ethyl adjacent to an activating group) is 1. The van der Waals surface area contributed by atoms with Crippen LogP contribution in [-0.2, 0) is 9.59 Å². The van der Waals surface area contributed by atoms with Crippen LogP contribution in [0.25, 0.3) is 0 Å². The number of carbonyl (C=O) groups excluding carboxylic acids is 2. The number of rotatable bonds is 4. The smallest absolute Gasteiger partial charge is 0.254 e. The van der Waals surface area contributed by atoms with Crippen LogP contribution in [0.4, 0.5) is 0 Å². The average molecular weight is 234 g/mol. The van der Waals surface area contributed by atoms with Crippen molar-refractivity contribution >= 4 is 11.8 Å². The molecule has 0 spiro atoms. The third kappa shape index (κ3) is 2.64. The molecule has 1 heterocycles. The van der Waals surface area contributed by atoms with E-state index in [4.69, 9.17) is 0 Å². The van der Waals surface area contributed by atoms with E-state index in [0.717, 1.165) is 5.57 Å². The van der Waals surface area contributed by atoms with Gasteiger partial charge >= 0.3 is 0 Å². The molecule has 0 aromatic carbocycles. The van der Waals surface area contributed by atoms with Gasteiger partial charge in [0, 0.05) is 19.2 Å². The van der Waals surface area contributed by atoms with Crippen LogP contribution in [0, 0.1) is 0 Å².